The van der Waals surface area contributed by atoms with Crippen molar-refractivity contribution in [3.63, 3.8) is 0 Å². The molecule has 0 aromatic carbocycles. The molecule has 0 aliphatic heterocycles. The van der Waals surface area contributed by atoms with E-state index in [-0.39, 0.29) is 0 Å². The Labute approximate surface area is 104 Å². The number of rotatable bonds is 3. The molecule has 0 unspecified atom stereocenters. The summed E-state index contributed by atoms with van der Waals surface area (Å²) in [5.41, 5.74) is 0. The highest BCUT2D eigenvalue weighted by Gasteiger charge is 2.20. The summed E-state index contributed by atoms with van der Waals surface area (Å²) in [5.74, 6) is 0.733. The van der Waals surface area contributed by atoms with Gasteiger partial charge in [0.1, 0.15) is 0 Å². The minimum atomic E-state index is 0.519. The molecule has 1 heterocycles. The Morgan fingerprint density at radius 1 is 1.12 bits per heavy atom. The van der Waals surface area contributed by atoms with Crippen LogP contribution in [0.15, 0.2) is 16.9 Å². The van der Waals surface area contributed by atoms with Crippen LogP contribution in [-0.4, -0.2) is 29.1 Å². The summed E-state index contributed by atoms with van der Waals surface area (Å²) in [4.78, 5) is 8.45. The molecular weight excluding hydrogens is 268 g/mol. The number of nitrogens with one attached hydrogen (secondary N) is 2. The molecule has 5 heteroatoms. The van der Waals surface area contributed by atoms with E-state index in [4.69, 9.17) is 0 Å². The molecule has 1 fully saturated rings. The summed E-state index contributed by atoms with van der Waals surface area (Å²) in [6, 6.07) is 1.20. The minimum absolute atomic E-state index is 0.519. The van der Waals surface area contributed by atoms with Crippen molar-refractivity contribution in [2.24, 2.45) is 0 Å². The van der Waals surface area contributed by atoms with Crippen LogP contribution in [0.2, 0.25) is 0 Å². The zero-order valence-corrected chi connectivity index (χ0v) is 11.0. The molecule has 0 spiro atoms. The molecule has 1 saturated carbocycles. The van der Waals surface area contributed by atoms with Crippen molar-refractivity contribution in [3.8, 4) is 0 Å². The minimum Gasteiger partial charge on any atom is -0.351 e. The Bertz CT molecular complexity index is 319. The maximum atomic E-state index is 4.23. The molecule has 4 nitrogen and oxygen atoms in total. The lowest BCUT2D eigenvalue weighted by Crippen LogP contribution is -2.35. The van der Waals surface area contributed by atoms with Crippen LogP contribution in [0.4, 0.5) is 5.95 Å². The highest BCUT2D eigenvalue weighted by Crippen LogP contribution is 2.20. The molecule has 0 atom stereocenters. The molecule has 1 aliphatic rings. The van der Waals surface area contributed by atoms with E-state index < -0.39 is 0 Å². The Balaban J connectivity index is 1.84. The summed E-state index contributed by atoms with van der Waals surface area (Å²) in [6.45, 7) is 0. The summed E-state index contributed by atoms with van der Waals surface area (Å²) >= 11 is 3.33. The summed E-state index contributed by atoms with van der Waals surface area (Å²) in [6.07, 6.45) is 8.37. The molecule has 1 aromatic rings. The number of hydrogen-bond acceptors (Lipinski definition) is 4. The number of halogens is 1. The van der Waals surface area contributed by atoms with Gasteiger partial charge in [0.15, 0.2) is 0 Å². The van der Waals surface area contributed by atoms with Crippen molar-refractivity contribution in [1.29, 1.82) is 0 Å². The third kappa shape index (κ3) is 3.15. The van der Waals surface area contributed by atoms with Gasteiger partial charge in [0.2, 0.25) is 5.95 Å². The smallest absolute Gasteiger partial charge is 0.222 e. The first kappa shape index (κ1) is 11.8. The van der Waals surface area contributed by atoms with E-state index in [1.54, 1.807) is 12.4 Å². The largest absolute Gasteiger partial charge is 0.351 e. The van der Waals surface area contributed by atoms with Gasteiger partial charge in [-0.15, -0.1) is 0 Å². The van der Waals surface area contributed by atoms with E-state index in [1.807, 2.05) is 7.05 Å². The summed E-state index contributed by atoms with van der Waals surface area (Å²) < 4.78 is 0.914. The van der Waals surface area contributed by atoms with Gasteiger partial charge in [-0.25, -0.2) is 9.97 Å². The van der Waals surface area contributed by atoms with E-state index in [2.05, 4.69) is 36.5 Å². The van der Waals surface area contributed by atoms with Gasteiger partial charge in [-0.1, -0.05) is 0 Å². The van der Waals surface area contributed by atoms with Crippen molar-refractivity contribution in [2.75, 3.05) is 12.4 Å². The van der Waals surface area contributed by atoms with E-state index >= 15 is 0 Å². The quantitative estimate of drug-likeness (QED) is 0.893. The molecule has 1 aliphatic carbocycles. The number of aromatic nitrogens is 2. The average molecular weight is 285 g/mol. The molecule has 0 saturated heterocycles. The van der Waals surface area contributed by atoms with Crippen LogP contribution in [0.1, 0.15) is 25.7 Å². The molecule has 0 bridgehead atoms. The van der Waals surface area contributed by atoms with Crippen molar-refractivity contribution in [2.45, 2.75) is 37.8 Å². The molecular formula is C11H17BrN4. The number of nitrogens with zero attached hydrogens (tertiary/aromatic N) is 2. The maximum absolute atomic E-state index is 4.23. The standard InChI is InChI=1S/C11H17BrN4/c1-13-9-2-4-10(5-3-9)16-11-14-6-8(12)7-15-11/h6-7,9-10,13H,2-5H2,1H3,(H,14,15,16). The van der Waals surface area contributed by atoms with Crippen LogP contribution >= 0.6 is 15.9 Å². The molecule has 0 radical (unpaired) electrons. The van der Waals surface area contributed by atoms with Crippen LogP contribution in [0, 0.1) is 0 Å². The second-order valence-corrected chi connectivity index (χ2v) is 5.12. The van der Waals surface area contributed by atoms with E-state index in [9.17, 15) is 0 Å². The van der Waals surface area contributed by atoms with Gasteiger partial charge in [-0.05, 0) is 48.7 Å². The Kier molecular flexibility index (Phi) is 4.12. The van der Waals surface area contributed by atoms with Crippen LogP contribution in [-0.2, 0) is 0 Å². The van der Waals surface area contributed by atoms with Gasteiger partial charge in [0.25, 0.3) is 0 Å². The lowest BCUT2D eigenvalue weighted by atomic mass is 9.91. The highest BCUT2D eigenvalue weighted by molar-refractivity contribution is 9.10. The molecule has 0 amide bonds. The SMILES string of the molecule is CNC1CCC(Nc2ncc(Br)cn2)CC1. The molecule has 1 aromatic heterocycles. The molecule has 16 heavy (non-hydrogen) atoms. The van der Waals surface area contributed by atoms with E-state index in [0.29, 0.717) is 12.1 Å². The van der Waals surface area contributed by atoms with Gasteiger partial charge in [0, 0.05) is 24.5 Å². The Hall–Kier alpha value is -0.680. The Morgan fingerprint density at radius 2 is 1.69 bits per heavy atom. The lowest BCUT2D eigenvalue weighted by molar-refractivity contribution is 0.370. The first-order valence-corrected chi connectivity index (χ1v) is 6.48. The zero-order valence-electron chi connectivity index (χ0n) is 9.41. The van der Waals surface area contributed by atoms with Crippen molar-refractivity contribution in [3.05, 3.63) is 16.9 Å². The predicted molar refractivity (Wildman–Crippen MR) is 68.5 cm³/mol. The van der Waals surface area contributed by atoms with E-state index in [0.717, 1.165) is 10.4 Å². The second kappa shape index (κ2) is 5.59. The maximum Gasteiger partial charge on any atom is 0.222 e. The van der Waals surface area contributed by atoms with Crippen LogP contribution < -0.4 is 10.6 Å². The van der Waals surface area contributed by atoms with Crippen molar-refractivity contribution < 1.29 is 0 Å². The van der Waals surface area contributed by atoms with Gasteiger partial charge < -0.3 is 10.6 Å². The van der Waals surface area contributed by atoms with Crippen molar-refractivity contribution >= 4 is 21.9 Å². The molecule has 2 N–H and O–H groups in total. The third-order valence-corrected chi connectivity index (χ3v) is 3.50. The summed E-state index contributed by atoms with van der Waals surface area (Å²) in [7, 11) is 2.04. The Morgan fingerprint density at radius 3 is 2.25 bits per heavy atom. The fourth-order valence-electron chi connectivity index (χ4n) is 2.10. The number of hydrogen-bond donors (Lipinski definition) is 2. The van der Waals surface area contributed by atoms with Gasteiger partial charge in [-0.3, -0.25) is 0 Å². The monoisotopic (exact) mass is 284 g/mol. The summed E-state index contributed by atoms with van der Waals surface area (Å²) in [5, 5.41) is 6.71. The lowest BCUT2D eigenvalue weighted by Gasteiger charge is -2.28. The van der Waals surface area contributed by atoms with Crippen LogP contribution in [0.3, 0.4) is 0 Å². The number of anilines is 1. The van der Waals surface area contributed by atoms with Gasteiger partial charge in [-0.2, -0.15) is 0 Å². The van der Waals surface area contributed by atoms with Crippen LogP contribution in [0.25, 0.3) is 0 Å². The topological polar surface area (TPSA) is 49.8 Å². The molecule has 88 valence electrons. The zero-order chi connectivity index (χ0) is 11.4. The first-order valence-electron chi connectivity index (χ1n) is 5.69. The predicted octanol–water partition coefficient (Wildman–Crippen LogP) is 2.18. The fourth-order valence-corrected chi connectivity index (χ4v) is 2.30. The first-order chi connectivity index (χ1) is 7.78. The fraction of sp³-hybridized carbons (Fsp3) is 0.636. The average Bonchev–Trinajstić information content (AvgIpc) is 2.33. The third-order valence-electron chi connectivity index (χ3n) is 3.09. The second-order valence-electron chi connectivity index (χ2n) is 4.21. The van der Waals surface area contributed by atoms with Crippen molar-refractivity contribution in [1.82, 2.24) is 15.3 Å². The normalized spacial score (nSPS) is 25.4. The molecule has 2 rings (SSSR count). The van der Waals surface area contributed by atoms with Gasteiger partial charge >= 0.3 is 0 Å². The van der Waals surface area contributed by atoms with E-state index in [1.165, 1.54) is 25.7 Å². The highest BCUT2D eigenvalue weighted by atomic mass is 79.9. The van der Waals surface area contributed by atoms with Gasteiger partial charge in [0.05, 0.1) is 4.47 Å². The van der Waals surface area contributed by atoms with Crippen LogP contribution in [0.5, 0.6) is 0 Å².